The summed E-state index contributed by atoms with van der Waals surface area (Å²) < 4.78 is 0. The predicted molar refractivity (Wildman–Crippen MR) is 90.1 cm³/mol. The molecule has 0 aliphatic carbocycles. The van der Waals surface area contributed by atoms with Crippen LogP contribution in [-0.2, 0) is 17.8 Å². The van der Waals surface area contributed by atoms with Crippen LogP contribution in [-0.4, -0.2) is 17.6 Å². The fourth-order valence-corrected chi connectivity index (χ4v) is 2.16. The lowest BCUT2D eigenvalue weighted by Crippen LogP contribution is -2.14. The quantitative estimate of drug-likeness (QED) is 0.602. The first-order valence-corrected chi connectivity index (χ1v) is 7.72. The molecule has 0 saturated heterocycles. The molecule has 0 heterocycles. The molecule has 0 aliphatic heterocycles. The van der Waals surface area contributed by atoms with Gasteiger partial charge in [-0.1, -0.05) is 56.9 Å². The Kier molecular flexibility index (Phi) is 12.0. The van der Waals surface area contributed by atoms with Gasteiger partial charge in [0, 0.05) is 13.0 Å². The van der Waals surface area contributed by atoms with Gasteiger partial charge in [-0.25, -0.2) is 0 Å². The lowest BCUT2D eigenvalue weighted by atomic mass is 10.1. The third-order valence-electron chi connectivity index (χ3n) is 3.44. The van der Waals surface area contributed by atoms with E-state index in [-0.39, 0.29) is 18.8 Å². The van der Waals surface area contributed by atoms with Gasteiger partial charge in [-0.3, -0.25) is 4.79 Å². The van der Waals surface area contributed by atoms with Gasteiger partial charge in [0.2, 0.25) is 0 Å². The molecule has 0 aliphatic rings. The van der Waals surface area contributed by atoms with Crippen molar-refractivity contribution in [2.75, 3.05) is 6.54 Å². The van der Waals surface area contributed by atoms with Crippen molar-refractivity contribution >= 4 is 18.4 Å². The molecule has 0 atom stereocenters. The second kappa shape index (κ2) is 12.7. The zero-order chi connectivity index (χ0) is 14.6. The normalized spacial score (nSPS) is 10.1. The summed E-state index contributed by atoms with van der Waals surface area (Å²) in [6.07, 6.45) is 7.36. The molecule has 120 valence electrons. The Morgan fingerprint density at radius 2 is 1.67 bits per heavy atom. The second-order valence-corrected chi connectivity index (χ2v) is 5.30. The minimum Gasteiger partial charge on any atom is -0.481 e. The van der Waals surface area contributed by atoms with Crippen molar-refractivity contribution in [2.45, 2.75) is 58.4 Å². The smallest absolute Gasteiger partial charge is 0.303 e. The topological polar surface area (TPSA) is 49.3 Å². The van der Waals surface area contributed by atoms with Crippen molar-refractivity contribution in [3.8, 4) is 0 Å². The molecule has 0 bridgehead atoms. The maximum atomic E-state index is 10.5. The van der Waals surface area contributed by atoms with Gasteiger partial charge in [-0.05, 0) is 30.5 Å². The van der Waals surface area contributed by atoms with Crippen LogP contribution < -0.4 is 5.32 Å². The highest BCUT2D eigenvalue weighted by Crippen LogP contribution is 2.07. The Bertz CT molecular complexity index is 379. The second-order valence-electron chi connectivity index (χ2n) is 5.30. The van der Waals surface area contributed by atoms with Gasteiger partial charge in [0.15, 0.2) is 0 Å². The van der Waals surface area contributed by atoms with E-state index in [0.717, 1.165) is 18.7 Å². The van der Waals surface area contributed by atoms with E-state index in [1.807, 2.05) is 12.1 Å². The number of nitrogens with one attached hydrogen (secondary N) is 1. The summed E-state index contributed by atoms with van der Waals surface area (Å²) in [5, 5.41) is 12.1. The van der Waals surface area contributed by atoms with E-state index in [1.54, 1.807) is 0 Å². The average molecular weight is 314 g/mol. The Morgan fingerprint density at radius 3 is 2.29 bits per heavy atom. The molecule has 2 N–H and O–H groups in total. The molecule has 1 rings (SSSR count). The standard InChI is InChI=1S/C17H27NO2.ClH/c1-2-3-4-5-6-13-18-14-16-9-7-15(8-10-16)11-12-17(19)20;/h7-10,18H,2-6,11-14H2,1H3,(H,19,20);1H. The summed E-state index contributed by atoms with van der Waals surface area (Å²) in [7, 11) is 0. The van der Waals surface area contributed by atoms with E-state index in [9.17, 15) is 4.79 Å². The predicted octanol–water partition coefficient (Wildman–Crippen LogP) is 4.19. The molecule has 0 spiro atoms. The molecule has 4 heteroatoms. The molecule has 0 saturated carbocycles. The van der Waals surface area contributed by atoms with E-state index >= 15 is 0 Å². The number of carboxylic acid groups (broad SMARTS) is 1. The molecule has 21 heavy (non-hydrogen) atoms. The summed E-state index contributed by atoms with van der Waals surface area (Å²) in [5.74, 6) is -0.737. The van der Waals surface area contributed by atoms with Crippen LogP contribution in [0.15, 0.2) is 24.3 Å². The molecule has 0 amide bonds. The largest absolute Gasteiger partial charge is 0.481 e. The lowest BCUT2D eigenvalue weighted by Gasteiger charge is -2.06. The number of aliphatic carboxylic acids is 1. The van der Waals surface area contributed by atoms with Crippen molar-refractivity contribution in [3.05, 3.63) is 35.4 Å². The van der Waals surface area contributed by atoms with Gasteiger partial charge in [0.25, 0.3) is 0 Å². The Hall–Kier alpha value is -1.06. The van der Waals surface area contributed by atoms with Gasteiger partial charge >= 0.3 is 5.97 Å². The van der Waals surface area contributed by atoms with E-state index in [1.165, 1.54) is 37.7 Å². The first-order chi connectivity index (χ1) is 9.72. The fourth-order valence-electron chi connectivity index (χ4n) is 2.16. The first kappa shape index (κ1) is 19.9. The highest BCUT2D eigenvalue weighted by Gasteiger charge is 1.99. The van der Waals surface area contributed by atoms with Gasteiger partial charge in [-0.15, -0.1) is 12.4 Å². The molecule has 0 aromatic heterocycles. The van der Waals surface area contributed by atoms with Crippen LogP contribution in [0.4, 0.5) is 0 Å². The average Bonchev–Trinajstić information content (AvgIpc) is 2.45. The third kappa shape index (κ3) is 10.3. The Balaban J connectivity index is 0.00000400. The number of hydrogen-bond donors (Lipinski definition) is 2. The number of carboxylic acids is 1. The van der Waals surface area contributed by atoms with Crippen molar-refractivity contribution in [3.63, 3.8) is 0 Å². The van der Waals surface area contributed by atoms with Gasteiger partial charge in [-0.2, -0.15) is 0 Å². The fraction of sp³-hybridized carbons (Fsp3) is 0.588. The molecule has 3 nitrogen and oxygen atoms in total. The monoisotopic (exact) mass is 313 g/mol. The zero-order valence-corrected chi connectivity index (χ0v) is 13.8. The SMILES string of the molecule is CCCCCCCNCc1ccc(CCC(=O)O)cc1.Cl. The van der Waals surface area contributed by atoms with Crippen LogP contribution in [0.1, 0.15) is 56.6 Å². The van der Waals surface area contributed by atoms with E-state index < -0.39 is 5.97 Å². The molecular formula is C17H28ClNO2. The first-order valence-electron chi connectivity index (χ1n) is 7.72. The van der Waals surface area contributed by atoms with Crippen molar-refractivity contribution in [1.29, 1.82) is 0 Å². The summed E-state index contributed by atoms with van der Waals surface area (Å²) in [5.41, 5.74) is 2.35. The maximum Gasteiger partial charge on any atom is 0.303 e. The van der Waals surface area contributed by atoms with E-state index in [4.69, 9.17) is 5.11 Å². The summed E-state index contributed by atoms with van der Waals surface area (Å²) in [6, 6.07) is 8.23. The highest BCUT2D eigenvalue weighted by molar-refractivity contribution is 5.85. The summed E-state index contributed by atoms with van der Waals surface area (Å²) in [6.45, 7) is 4.20. The number of aryl methyl sites for hydroxylation is 1. The van der Waals surface area contributed by atoms with Crippen LogP contribution in [0.25, 0.3) is 0 Å². The zero-order valence-electron chi connectivity index (χ0n) is 12.9. The highest BCUT2D eigenvalue weighted by atomic mass is 35.5. The van der Waals surface area contributed by atoms with Crippen LogP contribution in [0.2, 0.25) is 0 Å². The number of rotatable bonds is 11. The molecule has 1 aromatic carbocycles. The molecule has 0 fully saturated rings. The van der Waals surface area contributed by atoms with Crippen molar-refractivity contribution in [1.82, 2.24) is 5.32 Å². The van der Waals surface area contributed by atoms with Gasteiger partial charge in [0.1, 0.15) is 0 Å². The molecule has 1 aromatic rings. The Morgan fingerprint density at radius 1 is 1.05 bits per heavy atom. The van der Waals surface area contributed by atoms with Crippen LogP contribution in [0, 0.1) is 0 Å². The number of hydrogen-bond acceptors (Lipinski definition) is 2. The summed E-state index contributed by atoms with van der Waals surface area (Å²) in [4.78, 5) is 10.5. The minimum absolute atomic E-state index is 0. The van der Waals surface area contributed by atoms with Crippen LogP contribution >= 0.6 is 12.4 Å². The minimum atomic E-state index is -0.737. The van der Waals surface area contributed by atoms with Crippen molar-refractivity contribution < 1.29 is 9.90 Å². The lowest BCUT2D eigenvalue weighted by molar-refractivity contribution is -0.136. The maximum absolute atomic E-state index is 10.5. The number of carbonyl (C=O) groups is 1. The molecule has 0 unspecified atom stereocenters. The number of benzene rings is 1. The van der Waals surface area contributed by atoms with Crippen LogP contribution in [0.3, 0.4) is 0 Å². The van der Waals surface area contributed by atoms with E-state index in [2.05, 4.69) is 24.4 Å². The van der Waals surface area contributed by atoms with Crippen molar-refractivity contribution in [2.24, 2.45) is 0 Å². The number of unbranched alkanes of at least 4 members (excludes halogenated alkanes) is 4. The van der Waals surface area contributed by atoms with Gasteiger partial charge in [0.05, 0.1) is 0 Å². The third-order valence-corrected chi connectivity index (χ3v) is 3.44. The van der Waals surface area contributed by atoms with E-state index in [0.29, 0.717) is 6.42 Å². The Labute approximate surface area is 134 Å². The van der Waals surface area contributed by atoms with Crippen LogP contribution in [0.5, 0.6) is 0 Å². The summed E-state index contributed by atoms with van der Waals surface area (Å²) >= 11 is 0. The molecule has 0 radical (unpaired) electrons. The molecular weight excluding hydrogens is 286 g/mol. The van der Waals surface area contributed by atoms with Gasteiger partial charge < -0.3 is 10.4 Å². The number of halogens is 1.